The molecular weight excluding hydrogens is 1370 g/mol. The summed E-state index contributed by atoms with van der Waals surface area (Å²) in [5.41, 5.74) is 31.6. The van der Waals surface area contributed by atoms with Crippen LogP contribution in [-0.2, 0) is 10.8 Å². The molecule has 2 spiro atoms. The molecule has 19 aromatic rings. The third-order valence-electron chi connectivity index (χ3n) is 23.5. The van der Waals surface area contributed by atoms with Gasteiger partial charge in [-0.1, -0.05) is 327 Å². The Balaban J connectivity index is 0.000000153. The zero-order valence-electron chi connectivity index (χ0n) is 58.3. The highest BCUT2D eigenvalue weighted by atomic mass is 79.9. The van der Waals surface area contributed by atoms with Gasteiger partial charge in [-0.05, 0) is 233 Å². The van der Waals surface area contributed by atoms with Crippen molar-refractivity contribution < 1.29 is 0 Å². The Bertz CT molecular complexity index is 6860. The van der Waals surface area contributed by atoms with Crippen molar-refractivity contribution in [3.05, 3.63) is 431 Å². The Labute approximate surface area is 637 Å². The fraction of sp³-hybridized carbons (Fsp3) is 0.0286. The van der Waals surface area contributed by atoms with Gasteiger partial charge < -0.3 is 9.47 Å². The van der Waals surface area contributed by atoms with E-state index in [1.807, 2.05) is 0 Å². The van der Waals surface area contributed by atoms with Gasteiger partial charge in [-0.25, -0.2) is 0 Å². The van der Waals surface area contributed by atoms with Gasteiger partial charge in [-0.15, -0.1) is 12.8 Å². The Morgan fingerprint density at radius 3 is 1.06 bits per heavy atom. The molecule has 0 fully saturated rings. The van der Waals surface area contributed by atoms with Crippen LogP contribution in [0.3, 0.4) is 0 Å². The molecule has 0 saturated carbocycles. The van der Waals surface area contributed by atoms with E-state index < -0.39 is 10.8 Å². The predicted molar refractivity (Wildman–Crippen MR) is 460 cm³/mol. The fourth-order valence-corrected chi connectivity index (χ4v) is 19.7. The maximum Gasteiger partial charge on any atom is 0.0726 e. The highest BCUT2D eigenvalue weighted by Gasteiger charge is 2.51. The van der Waals surface area contributed by atoms with Crippen LogP contribution in [0.1, 0.15) is 51.9 Å². The van der Waals surface area contributed by atoms with E-state index in [0.717, 1.165) is 27.2 Å². The van der Waals surface area contributed by atoms with Crippen LogP contribution in [0.15, 0.2) is 387 Å². The minimum Gasteiger partial charge on any atom is -0.310 e. The van der Waals surface area contributed by atoms with E-state index in [4.69, 9.17) is 0 Å². The van der Waals surface area contributed by atoms with Gasteiger partial charge in [0.1, 0.15) is 0 Å². The van der Waals surface area contributed by atoms with Gasteiger partial charge >= 0.3 is 0 Å². The first-order valence-electron chi connectivity index (χ1n) is 36.7. The molecule has 3 heteroatoms. The summed E-state index contributed by atoms with van der Waals surface area (Å²) in [4.78, 5) is 2.46. The maximum atomic E-state index is 4.00. The maximum absolute atomic E-state index is 4.00. The Morgan fingerprint density at radius 1 is 0.241 bits per heavy atom. The summed E-state index contributed by atoms with van der Waals surface area (Å²) in [7, 11) is 0. The van der Waals surface area contributed by atoms with Crippen molar-refractivity contribution in [3.8, 4) is 85.3 Å². The van der Waals surface area contributed by atoms with Gasteiger partial charge in [0.2, 0.25) is 0 Å². The van der Waals surface area contributed by atoms with Crippen molar-refractivity contribution >= 4 is 97.9 Å². The predicted octanol–water partition coefficient (Wildman–Crippen LogP) is 28.2. The van der Waals surface area contributed by atoms with Crippen molar-refractivity contribution in [2.24, 2.45) is 0 Å². The zero-order chi connectivity index (χ0) is 71.1. The van der Waals surface area contributed by atoms with Crippen molar-refractivity contribution in [2.45, 2.75) is 18.3 Å². The van der Waals surface area contributed by atoms with Gasteiger partial charge in [-0.3, -0.25) is 0 Å². The molecule has 2 unspecified atom stereocenters. The molecule has 0 saturated heterocycles. The van der Waals surface area contributed by atoms with Gasteiger partial charge in [-0.2, -0.15) is 0 Å². The van der Waals surface area contributed by atoms with E-state index in [1.54, 1.807) is 0 Å². The normalized spacial score (nSPS) is 14.8. The molecule has 1 heterocycles. The van der Waals surface area contributed by atoms with Crippen LogP contribution in [0.4, 0.5) is 17.1 Å². The van der Waals surface area contributed by atoms with Crippen LogP contribution in [-0.4, -0.2) is 4.57 Å². The summed E-state index contributed by atoms with van der Waals surface area (Å²) in [6.45, 7) is 0. The first-order valence-corrected chi connectivity index (χ1v) is 37.5. The van der Waals surface area contributed by atoms with Gasteiger partial charge in [0.15, 0.2) is 0 Å². The molecule has 2 nitrogen and oxygen atoms in total. The average Bonchev–Trinajstić information content (AvgIpc) is 0.743. The number of nitrogens with zero attached hydrogens (tertiary/aromatic N) is 2. The van der Waals surface area contributed by atoms with Crippen LogP contribution in [0.5, 0.6) is 0 Å². The lowest BCUT2D eigenvalue weighted by molar-refractivity contribution is 0.754. The summed E-state index contributed by atoms with van der Waals surface area (Å²) in [6, 6.07) is 143. The quantitative estimate of drug-likeness (QED) is 0.151. The smallest absolute Gasteiger partial charge is 0.0726 e. The van der Waals surface area contributed by atoms with Gasteiger partial charge in [0.05, 0.1) is 21.9 Å². The lowest BCUT2D eigenvalue weighted by Crippen LogP contribution is -2.36. The molecule has 18 aromatic carbocycles. The second-order valence-electron chi connectivity index (χ2n) is 28.6. The summed E-state index contributed by atoms with van der Waals surface area (Å²) >= 11 is 3.88. The van der Waals surface area contributed by atoms with Crippen molar-refractivity contribution in [2.75, 3.05) is 4.90 Å². The van der Waals surface area contributed by atoms with Crippen molar-refractivity contribution in [1.82, 2.24) is 4.57 Å². The topological polar surface area (TPSA) is 8.17 Å². The number of terminal acetylenes is 1. The first-order chi connectivity index (χ1) is 53.0. The number of benzene rings is 18. The van der Waals surface area contributed by atoms with Crippen molar-refractivity contribution in [3.63, 3.8) is 0 Å². The lowest BCUT2D eigenvalue weighted by atomic mass is 9.55. The number of aromatic nitrogens is 1. The number of halogens is 1. The van der Waals surface area contributed by atoms with E-state index in [-0.39, 0.29) is 7.43 Å². The van der Waals surface area contributed by atoms with Gasteiger partial charge in [0, 0.05) is 38.0 Å². The van der Waals surface area contributed by atoms with Crippen LogP contribution >= 0.6 is 15.9 Å². The molecule has 0 N–H and O–H groups in total. The number of hydrogen-bond donors (Lipinski definition) is 0. The summed E-state index contributed by atoms with van der Waals surface area (Å²) in [6.07, 6.45) is 8.00. The highest BCUT2D eigenvalue weighted by Crippen LogP contribution is 2.64. The van der Waals surface area contributed by atoms with Crippen molar-refractivity contribution in [1.29, 1.82) is 0 Å². The molecule has 506 valence electrons. The summed E-state index contributed by atoms with van der Waals surface area (Å²) < 4.78 is 3.52. The van der Waals surface area contributed by atoms with E-state index in [9.17, 15) is 0 Å². The summed E-state index contributed by atoms with van der Waals surface area (Å²) in [5.74, 6) is 0. The molecular formula is C105H69BrN2. The monoisotopic (exact) mass is 1440 g/mol. The molecule has 2 atom stereocenters. The molecule has 0 bridgehead atoms. The van der Waals surface area contributed by atoms with E-state index in [0.29, 0.717) is 0 Å². The van der Waals surface area contributed by atoms with E-state index in [1.165, 1.54) is 176 Å². The van der Waals surface area contributed by atoms with E-state index >= 15 is 0 Å². The molecule has 0 radical (unpaired) electrons. The average molecular weight is 1440 g/mol. The number of rotatable bonds is 6. The second kappa shape index (κ2) is 25.2. The third-order valence-corrected chi connectivity index (χ3v) is 23.9. The Kier molecular flexibility index (Phi) is 15.0. The minimum absolute atomic E-state index is 0. The number of fused-ring (bicyclic) bond motifs is 19. The number of hydrogen-bond acceptors (Lipinski definition) is 1. The largest absolute Gasteiger partial charge is 0.310 e. The standard InChI is InChI=1S/C63H40N2.C39H23Br.C2H2.CH4/c1-4-16-41(17-5-1)44-32-35-49-53-27-12-18-42-20-14-29-55(61(42)53)63(57(49)38-44)56-30-15-21-43-19-13-28-54(62(43)56)50-36-33-47(39-58(50)63)64(45-22-6-2-7-23-45)48-34-37-52-51-26-10-11-31-59(51)65(60(52)40-48)46-24-8-3-9-25-46;40-28-19-21-30-32-15-5-11-26-13-7-17-34(38(26)32)39(36(30)23-28)33-16-6-12-25-10-4-14-31(37(25)33)29-20-18-27(22-35(29)39)24-8-2-1-3-9-24;1-2;/h1-40H;1-23H;1-2H;1H4. The molecule has 1 aromatic heterocycles. The van der Waals surface area contributed by atoms with E-state index in [2.05, 4.69) is 420 Å². The lowest BCUT2D eigenvalue weighted by Gasteiger charge is -2.46. The van der Waals surface area contributed by atoms with Crippen LogP contribution in [0, 0.1) is 12.8 Å². The molecule has 108 heavy (non-hydrogen) atoms. The Morgan fingerprint density at radius 2 is 0.593 bits per heavy atom. The van der Waals surface area contributed by atoms with Gasteiger partial charge in [0.25, 0.3) is 0 Å². The molecule has 0 aliphatic heterocycles. The first kappa shape index (κ1) is 64.3. The molecule has 4 aliphatic carbocycles. The molecule has 4 aliphatic rings. The van der Waals surface area contributed by atoms with Crippen LogP contribution in [0.25, 0.3) is 137 Å². The van der Waals surface area contributed by atoms with Crippen LogP contribution < -0.4 is 4.90 Å². The molecule has 23 rings (SSSR count). The SMILES string of the molecule is Brc1ccc2c(c1)C1(c3cc(-c4ccccc4)ccc3-c3cccc4cccc1c34)c1cccc3cccc-2c13.C.C#C.c1ccc(-c2ccc3c(c2)C2(c4cc(N(c5ccccc5)c5ccc6c7ccccc7n(-c7ccccc7)c6c5)ccc4-c4cccc5cccc2c45)c2cccc4cccc-3c24)cc1. The third kappa shape index (κ3) is 9.21. The zero-order valence-corrected chi connectivity index (χ0v) is 59.9. The number of para-hydroxylation sites is 3. The van der Waals surface area contributed by atoms with Crippen LogP contribution in [0.2, 0.25) is 0 Å². The minimum atomic E-state index is -0.654. The summed E-state index contributed by atoms with van der Waals surface area (Å²) in [5, 5.41) is 12.9. The highest BCUT2D eigenvalue weighted by molar-refractivity contribution is 9.10. The number of anilines is 3. The Hall–Kier alpha value is -13.4. The fourth-order valence-electron chi connectivity index (χ4n) is 19.3. The second-order valence-corrected chi connectivity index (χ2v) is 29.5. The molecule has 0 amide bonds.